The van der Waals surface area contributed by atoms with Gasteiger partial charge in [0.15, 0.2) is 0 Å². The average Bonchev–Trinajstić information content (AvgIpc) is 3.51. The summed E-state index contributed by atoms with van der Waals surface area (Å²) in [6.45, 7) is 4.97. The van der Waals surface area contributed by atoms with Crippen LogP contribution in [0.2, 0.25) is 0 Å². The smallest absolute Gasteiger partial charge is 0.305 e. The molecule has 0 aromatic rings. The van der Waals surface area contributed by atoms with E-state index in [1.165, 1.54) is 347 Å². The van der Waals surface area contributed by atoms with Gasteiger partial charge in [0.25, 0.3) is 0 Å². The normalized spacial score (nSPS) is 12.7. The minimum Gasteiger partial charge on any atom is -0.466 e. The molecule has 502 valence electrons. The van der Waals surface area contributed by atoms with E-state index in [2.05, 4.69) is 55.6 Å². The van der Waals surface area contributed by atoms with Gasteiger partial charge in [0, 0.05) is 12.8 Å². The van der Waals surface area contributed by atoms with Crippen LogP contribution in [0.3, 0.4) is 0 Å². The summed E-state index contributed by atoms with van der Waals surface area (Å²) in [6, 6.07) is -0.546. The largest absolute Gasteiger partial charge is 0.466 e. The van der Waals surface area contributed by atoms with E-state index < -0.39 is 12.1 Å². The number of carbonyl (C=O) groups is 2. The fourth-order valence-electron chi connectivity index (χ4n) is 12.3. The van der Waals surface area contributed by atoms with Crippen molar-refractivity contribution in [1.29, 1.82) is 0 Å². The van der Waals surface area contributed by atoms with Crippen LogP contribution >= 0.6 is 0 Å². The first-order chi connectivity index (χ1) is 42.0. The van der Waals surface area contributed by atoms with E-state index in [0.29, 0.717) is 25.9 Å². The van der Waals surface area contributed by atoms with Crippen LogP contribution in [-0.2, 0) is 14.3 Å². The third kappa shape index (κ3) is 71.0. The molecule has 0 saturated carbocycles. The molecule has 0 aromatic heterocycles. The average molecular weight is 1200 g/mol. The van der Waals surface area contributed by atoms with Gasteiger partial charge in [0.05, 0.1) is 25.4 Å². The number of aliphatic hydroxyl groups is 2. The Morgan fingerprint density at radius 3 is 0.929 bits per heavy atom. The third-order valence-corrected chi connectivity index (χ3v) is 18.2. The third-order valence-electron chi connectivity index (χ3n) is 18.2. The highest BCUT2D eigenvalue weighted by Gasteiger charge is 2.20. The van der Waals surface area contributed by atoms with Crippen molar-refractivity contribution in [2.45, 2.75) is 443 Å². The lowest BCUT2D eigenvalue weighted by atomic mass is 10.0. The van der Waals surface area contributed by atoms with E-state index in [9.17, 15) is 19.8 Å². The zero-order valence-electron chi connectivity index (χ0n) is 57.6. The van der Waals surface area contributed by atoms with Crippen molar-refractivity contribution < 1.29 is 24.5 Å². The topological polar surface area (TPSA) is 95.9 Å². The SMILES string of the molecule is CCCCC/C=C\C/C=C\CCCCCCCCCCCC(=O)OCCCCCCCCCCCCCC/C=C\CCCCCCCCCCCC(=O)NC(CO)C(O)CCCCCCCCCCCCCCCCCCCCCCCCCC. The minimum absolute atomic E-state index is 0.0107. The number of carbonyl (C=O) groups excluding carboxylic acids is 2. The molecule has 0 spiro atoms. The Labute approximate surface area is 532 Å². The summed E-state index contributed by atoms with van der Waals surface area (Å²) in [5.74, 6) is -0.0225. The number of esters is 1. The molecule has 0 rings (SSSR count). The Kier molecular flexibility index (Phi) is 72.9. The van der Waals surface area contributed by atoms with Crippen LogP contribution in [-0.4, -0.2) is 47.4 Å². The Bertz CT molecular complexity index is 1380. The molecule has 3 N–H and O–H groups in total. The number of aliphatic hydroxyl groups excluding tert-OH is 2. The lowest BCUT2D eigenvalue weighted by molar-refractivity contribution is -0.143. The van der Waals surface area contributed by atoms with Gasteiger partial charge in [-0.05, 0) is 83.5 Å². The molecule has 6 nitrogen and oxygen atoms in total. The van der Waals surface area contributed by atoms with E-state index in [0.717, 1.165) is 51.4 Å². The molecule has 2 unspecified atom stereocenters. The monoisotopic (exact) mass is 1190 g/mol. The summed E-state index contributed by atoms with van der Waals surface area (Å²) in [5.41, 5.74) is 0. The van der Waals surface area contributed by atoms with Crippen molar-refractivity contribution in [2.24, 2.45) is 0 Å². The van der Waals surface area contributed by atoms with Gasteiger partial charge in [-0.2, -0.15) is 0 Å². The van der Waals surface area contributed by atoms with E-state index in [4.69, 9.17) is 4.74 Å². The van der Waals surface area contributed by atoms with Crippen molar-refractivity contribution in [2.75, 3.05) is 13.2 Å². The number of ether oxygens (including phenoxy) is 1. The number of nitrogens with one attached hydrogen (secondary N) is 1. The van der Waals surface area contributed by atoms with Crippen LogP contribution in [0.25, 0.3) is 0 Å². The number of unbranched alkanes of at least 4 members (excludes halogenated alkanes) is 56. The van der Waals surface area contributed by atoms with Crippen LogP contribution in [0.15, 0.2) is 36.5 Å². The zero-order chi connectivity index (χ0) is 61.3. The fraction of sp³-hybridized carbons (Fsp3) is 0.899. The van der Waals surface area contributed by atoms with Crippen LogP contribution < -0.4 is 5.32 Å². The molecule has 0 aliphatic carbocycles. The minimum atomic E-state index is -0.668. The molecular formula is C79H151NO5. The molecule has 0 aliphatic rings. The van der Waals surface area contributed by atoms with Crippen molar-refractivity contribution in [1.82, 2.24) is 5.32 Å². The molecule has 1 amide bonds. The maximum atomic E-state index is 12.6. The Morgan fingerprint density at radius 1 is 0.329 bits per heavy atom. The molecule has 0 fully saturated rings. The van der Waals surface area contributed by atoms with Crippen molar-refractivity contribution >= 4 is 11.9 Å². The molecule has 2 atom stereocenters. The lowest BCUT2D eigenvalue weighted by Gasteiger charge is -2.22. The standard InChI is InChI=1S/C79H151NO5/c1-3-5-7-9-11-13-15-17-19-21-23-24-25-29-32-36-39-43-47-51-55-59-63-67-71-77(82)76(75-81)80-78(83)72-68-64-60-56-52-48-44-40-37-33-30-27-26-28-31-34-38-42-46-50-54-58-62-66-70-74-85-79(84)73-69-65-61-57-53-49-45-41-35-22-20-18-16-14-12-10-8-6-4-2/h12,14,18,20,27,30,76-77,81-82H,3-11,13,15-17,19,21-26,28-29,31-75H2,1-2H3,(H,80,83)/b14-12-,20-18-,30-27-. The van der Waals surface area contributed by atoms with Crippen LogP contribution in [0.5, 0.6) is 0 Å². The van der Waals surface area contributed by atoms with Gasteiger partial charge in [-0.25, -0.2) is 0 Å². The van der Waals surface area contributed by atoms with Gasteiger partial charge in [-0.15, -0.1) is 0 Å². The summed E-state index contributed by atoms with van der Waals surface area (Å²) in [4.78, 5) is 24.7. The first-order valence-corrected chi connectivity index (χ1v) is 38.7. The predicted octanol–water partition coefficient (Wildman–Crippen LogP) is 25.4. The Hall–Kier alpha value is -1.92. The molecule has 0 saturated heterocycles. The van der Waals surface area contributed by atoms with Gasteiger partial charge < -0.3 is 20.3 Å². The van der Waals surface area contributed by atoms with Gasteiger partial charge >= 0.3 is 5.97 Å². The summed E-state index contributed by atoms with van der Waals surface area (Å²) in [7, 11) is 0. The summed E-state index contributed by atoms with van der Waals surface area (Å²) in [5, 5.41) is 23.5. The lowest BCUT2D eigenvalue weighted by Crippen LogP contribution is -2.45. The molecule has 0 heterocycles. The second kappa shape index (κ2) is 74.5. The molecule has 6 heteroatoms. The van der Waals surface area contributed by atoms with E-state index in [-0.39, 0.29) is 18.5 Å². The van der Waals surface area contributed by atoms with E-state index in [1.54, 1.807) is 0 Å². The molecule has 0 aromatic carbocycles. The first kappa shape index (κ1) is 83.1. The fourth-order valence-corrected chi connectivity index (χ4v) is 12.3. The Balaban J connectivity index is 3.39. The van der Waals surface area contributed by atoms with Gasteiger partial charge in [0.2, 0.25) is 5.91 Å². The van der Waals surface area contributed by atoms with Crippen molar-refractivity contribution in [3.05, 3.63) is 36.5 Å². The molecule has 0 radical (unpaired) electrons. The zero-order valence-corrected chi connectivity index (χ0v) is 57.6. The Morgan fingerprint density at radius 2 is 0.588 bits per heavy atom. The second-order valence-corrected chi connectivity index (χ2v) is 26.7. The summed E-state index contributed by atoms with van der Waals surface area (Å²) < 4.78 is 5.51. The molecule has 0 bridgehead atoms. The highest BCUT2D eigenvalue weighted by atomic mass is 16.5. The van der Waals surface area contributed by atoms with Crippen LogP contribution in [0.4, 0.5) is 0 Å². The van der Waals surface area contributed by atoms with Gasteiger partial charge in [-0.1, -0.05) is 371 Å². The number of hydrogen-bond donors (Lipinski definition) is 3. The molecular weight excluding hydrogens is 1040 g/mol. The van der Waals surface area contributed by atoms with Crippen LogP contribution in [0.1, 0.15) is 431 Å². The number of allylic oxidation sites excluding steroid dienone is 6. The number of hydrogen-bond acceptors (Lipinski definition) is 5. The second-order valence-electron chi connectivity index (χ2n) is 26.7. The van der Waals surface area contributed by atoms with E-state index in [1.807, 2.05) is 0 Å². The first-order valence-electron chi connectivity index (χ1n) is 38.7. The van der Waals surface area contributed by atoms with Crippen molar-refractivity contribution in [3.63, 3.8) is 0 Å². The number of amides is 1. The molecule has 85 heavy (non-hydrogen) atoms. The maximum absolute atomic E-state index is 12.6. The summed E-state index contributed by atoms with van der Waals surface area (Å²) >= 11 is 0. The van der Waals surface area contributed by atoms with Gasteiger partial charge in [-0.3, -0.25) is 9.59 Å². The van der Waals surface area contributed by atoms with Crippen LogP contribution in [0, 0.1) is 0 Å². The van der Waals surface area contributed by atoms with Crippen molar-refractivity contribution in [3.8, 4) is 0 Å². The van der Waals surface area contributed by atoms with E-state index >= 15 is 0 Å². The quantitative estimate of drug-likeness (QED) is 0.0320. The summed E-state index contributed by atoms with van der Waals surface area (Å²) in [6.07, 6.45) is 96.4. The maximum Gasteiger partial charge on any atom is 0.305 e. The highest BCUT2D eigenvalue weighted by Crippen LogP contribution is 2.19. The highest BCUT2D eigenvalue weighted by molar-refractivity contribution is 5.76. The molecule has 0 aliphatic heterocycles. The predicted molar refractivity (Wildman–Crippen MR) is 375 cm³/mol. The number of rotatable bonds is 73. The van der Waals surface area contributed by atoms with Gasteiger partial charge in [0.1, 0.15) is 0 Å².